The van der Waals surface area contributed by atoms with E-state index in [-0.39, 0.29) is 93.0 Å². The Kier molecular flexibility index (Phi) is 20.7. The van der Waals surface area contributed by atoms with Crippen molar-refractivity contribution in [2.24, 2.45) is 5.92 Å². The van der Waals surface area contributed by atoms with Gasteiger partial charge in [-0.2, -0.15) is 0 Å². The molecule has 0 aliphatic carbocycles. The lowest BCUT2D eigenvalue weighted by Crippen LogP contribution is -2.40. The monoisotopic (exact) mass is 1340 g/mol. The van der Waals surface area contributed by atoms with Crippen LogP contribution in [0.25, 0.3) is 43.4 Å². The Hall–Kier alpha value is -8.17. The van der Waals surface area contributed by atoms with Gasteiger partial charge in [0.2, 0.25) is 11.8 Å². The molecule has 10 bridgehead atoms. The standard InChI is InChI=1S/C59H61N13O12S6/c1-28(2)33-19-39(73)46-29(3)89-57(69-46)35(20-42(74)60-4)63-51(81)37-25-85-53(65-37)32-16-17-34(55-67-41(27-88-55)72-31(13-9-14-44(76)77)22-71(59(72)83)18-10-15-45(78)79)62-47(32)36-24-86-56(64-36)38-26-87-58(66-38)49(50(80)30-11-7-6-8-12-30)68-43(75)21-61-52(82)48-40(23-84-5)90-54(33)70-48/h6-8,11-12,16-17,24-28,31,33,35,49-50,80H,9-10,13-15,18-23H2,1-5H3,(H,60,74)(H,61,82)(H,63,81)(H,68,75)(H,76,77)(H,78,79)/t31?,33?,35-,49-,50-/m0/s1. The van der Waals surface area contributed by atoms with Crippen LogP contribution in [0, 0.1) is 12.8 Å². The lowest BCUT2D eigenvalue weighted by Gasteiger charge is -2.23. The van der Waals surface area contributed by atoms with E-state index in [1.165, 1.54) is 75.7 Å². The van der Waals surface area contributed by atoms with Crippen LogP contribution in [-0.2, 0) is 30.5 Å². The molecular weight excluding hydrogens is 1280 g/mol. The summed E-state index contributed by atoms with van der Waals surface area (Å²) >= 11 is 7.17. The minimum atomic E-state index is -1.30. The van der Waals surface area contributed by atoms with Crippen LogP contribution in [0.4, 0.5) is 10.6 Å². The third-order valence-electron chi connectivity index (χ3n) is 14.9. The molecule has 1 aromatic carbocycles. The number of benzene rings is 1. The summed E-state index contributed by atoms with van der Waals surface area (Å²) in [6.07, 6.45) is -0.945. The lowest BCUT2D eigenvalue weighted by atomic mass is 9.90. The molecule has 7 aromatic heterocycles. The van der Waals surface area contributed by atoms with Gasteiger partial charge in [-0.05, 0) is 49.8 Å². The van der Waals surface area contributed by atoms with Crippen molar-refractivity contribution in [1.29, 1.82) is 0 Å². The second-order valence-corrected chi connectivity index (χ2v) is 27.3. The zero-order valence-electron chi connectivity index (χ0n) is 49.1. The highest BCUT2D eigenvalue weighted by atomic mass is 32.1. The number of carboxylic acid groups (broad SMARTS) is 2. The predicted octanol–water partition coefficient (Wildman–Crippen LogP) is 8.93. The number of hydrogen-bond acceptors (Lipinski definition) is 23. The molecule has 31 heteroatoms. The van der Waals surface area contributed by atoms with Crippen molar-refractivity contribution in [3.05, 3.63) is 111 Å². The molecule has 470 valence electrons. The Bertz CT molecular complexity index is 3990. The van der Waals surface area contributed by atoms with E-state index in [2.05, 4.69) is 21.3 Å². The lowest BCUT2D eigenvalue weighted by molar-refractivity contribution is -0.138. The van der Waals surface area contributed by atoms with E-state index >= 15 is 0 Å². The first-order valence-corrected chi connectivity index (χ1v) is 33.6. The van der Waals surface area contributed by atoms with Crippen LogP contribution >= 0.6 is 68.0 Å². The van der Waals surface area contributed by atoms with Gasteiger partial charge >= 0.3 is 18.0 Å². The number of anilines is 1. The molecule has 7 N–H and O–H groups in total. The van der Waals surface area contributed by atoms with Crippen LogP contribution in [0.5, 0.6) is 0 Å². The van der Waals surface area contributed by atoms with Crippen LogP contribution in [0.15, 0.2) is 64.0 Å². The van der Waals surface area contributed by atoms with Crippen molar-refractivity contribution < 1.29 is 58.4 Å². The predicted molar refractivity (Wildman–Crippen MR) is 340 cm³/mol. The van der Waals surface area contributed by atoms with Gasteiger partial charge in [0, 0.05) is 84.4 Å². The molecule has 25 nitrogen and oxygen atoms in total. The van der Waals surface area contributed by atoms with E-state index < -0.39 is 72.3 Å². The molecule has 8 aromatic rings. The number of ether oxygens (including phenoxy) is 1. The molecule has 2 aliphatic rings. The fourth-order valence-electron chi connectivity index (χ4n) is 10.3. The number of rotatable bonds is 17. The Labute approximate surface area is 539 Å². The Morgan fingerprint density at radius 1 is 0.733 bits per heavy atom. The summed E-state index contributed by atoms with van der Waals surface area (Å²) in [7, 11) is 2.95. The summed E-state index contributed by atoms with van der Waals surface area (Å²) < 4.78 is 5.47. The second-order valence-electron chi connectivity index (χ2n) is 21.5. The molecule has 0 saturated carbocycles. The molecule has 9 heterocycles. The maximum Gasteiger partial charge on any atom is 0.326 e. The van der Waals surface area contributed by atoms with Crippen LogP contribution in [0.2, 0.25) is 0 Å². The first-order valence-electron chi connectivity index (χ1n) is 28.4. The average molecular weight is 1340 g/mol. The topological polar surface area (TPSA) is 351 Å². The molecule has 10 rings (SSSR count). The van der Waals surface area contributed by atoms with Crippen LogP contribution in [0.1, 0.15) is 145 Å². The van der Waals surface area contributed by atoms with Crippen molar-refractivity contribution in [3.8, 4) is 43.4 Å². The third kappa shape index (κ3) is 14.8. The van der Waals surface area contributed by atoms with Crippen LogP contribution in [-0.4, -0.2) is 142 Å². The molecular formula is C59H61N13O12S6. The summed E-state index contributed by atoms with van der Waals surface area (Å²) in [4.78, 5) is 145. The summed E-state index contributed by atoms with van der Waals surface area (Å²) in [6.45, 7) is 5.53. The number of methoxy groups -OCH3 is 1. The molecule has 0 radical (unpaired) electrons. The van der Waals surface area contributed by atoms with Crippen molar-refractivity contribution in [2.75, 3.05) is 38.7 Å². The second kappa shape index (κ2) is 28.8. The van der Waals surface area contributed by atoms with E-state index in [1.54, 1.807) is 75.8 Å². The number of carbonyl (C=O) groups excluding carboxylic acids is 6. The molecule has 5 atom stereocenters. The number of pyridine rings is 1. The molecule has 6 amide bonds. The number of aryl methyl sites for hydroxylation is 1. The number of fused-ring (bicyclic) bond motifs is 14. The minimum absolute atomic E-state index is 0.00708. The number of amides is 6. The van der Waals surface area contributed by atoms with E-state index in [1.807, 2.05) is 13.8 Å². The number of hydrogen-bond donors (Lipinski definition) is 7. The number of nitrogens with one attached hydrogen (secondary N) is 4. The normalized spacial score (nSPS) is 17.9. The van der Waals surface area contributed by atoms with Gasteiger partial charge in [-0.15, -0.1) is 68.0 Å². The quantitative estimate of drug-likeness (QED) is 0.0447. The van der Waals surface area contributed by atoms with E-state index in [0.717, 1.165) is 11.3 Å². The Morgan fingerprint density at radius 3 is 2.18 bits per heavy atom. The number of aliphatic carboxylic acids is 2. The first kappa shape index (κ1) is 64.8. The van der Waals surface area contributed by atoms with E-state index in [4.69, 9.17) is 39.6 Å². The van der Waals surface area contributed by atoms with Gasteiger partial charge in [0.05, 0.1) is 47.2 Å². The van der Waals surface area contributed by atoms with Crippen molar-refractivity contribution in [3.63, 3.8) is 0 Å². The van der Waals surface area contributed by atoms with Gasteiger partial charge in [-0.1, -0.05) is 44.2 Å². The van der Waals surface area contributed by atoms with Gasteiger partial charge in [0.25, 0.3) is 11.8 Å². The largest absolute Gasteiger partial charge is 0.481 e. The fourth-order valence-corrected chi connectivity index (χ4v) is 15.9. The first-order chi connectivity index (χ1) is 43.3. The number of nitrogens with zero attached hydrogens (tertiary/aromatic N) is 9. The van der Waals surface area contributed by atoms with Crippen molar-refractivity contribution in [1.82, 2.24) is 61.1 Å². The van der Waals surface area contributed by atoms with Crippen molar-refractivity contribution >= 4 is 121 Å². The number of carbonyl (C=O) groups is 8. The van der Waals surface area contributed by atoms with Crippen molar-refractivity contribution in [2.45, 2.75) is 102 Å². The van der Waals surface area contributed by atoms with Gasteiger partial charge < -0.3 is 46.2 Å². The maximum atomic E-state index is 14.4. The Balaban J connectivity index is 1.04. The number of urea groups is 1. The summed E-state index contributed by atoms with van der Waals surface area (Å²) in [5.41, 5.74) is 2.61. The average Bonchev–Trinajstić information content (AvgIpc) is 1.72. The van der Waals surface area contributed by atoms with Crippen LogP contribution in [0.3, 0.4) is 0 Å². The highest BCUT2D eigenvalue weighted by Gasteiger charge is 2.40. The molecule has 2 aliphatic heterocycles. The molecule has 1 saturated heterocycles. The highest BCUT2D eigenvalue weighted by Crippen LogP contribution is 2.42. The van der Waals surface area contributed by atoms with Gasteiger partial charge in [0.1, 0.15) is 77.2 Å². The maximum absolute atomic E-state index is 14.4. The SMILES string of the molecule is CNC(=O)C[C@@H]1NC(=O)c2csc(n2)-c2ccc(-c3nc(N4C(=O)N(CCCC(=O)O)CC4CCCC(=O)O)cs3)nc2-c2csc(n2)-c2csc(n2)[C@H]([C@@H](O)c2ccccc2)NC(=O)CNC(=O)c2nc(sc2COC)C(C(C)C)CC(=O)c2nc1sc2C. The molecule has 1 fully saturated rings. The minimum Gasteiger partial charge on any atom is -0.481 e. The number of aliphatic hydroxyl groups is 1. The fraction of sp³-hybridized carbons (Fsp3) is 0.373. The number of carboxylic acids is 2. The number of aliphatic hydroxyl groups excluding tert-OH is 1. The summed E-state index contributed by atoms with van der Waals surface area (Å²) in [6, 6.07) is 9.28. The zero-order chi connectivity index (χ0) is 63.9. The molecule has 90 heavy (non-hydrogen) atoms. The van der Waals surface area contributed by atoms with Gasteiger partial charge in [0.15, 0.2) is 5.78 Å². The van der Waals surface area contributed by atoms with Gasteiger partial charge in [-0.25, -0.2) is 39.7 Å². The van der Waals surface area contributed by atoms with E-state index in [9.17, 15) is 53.7 Å². The highest BCUT2D eigenvalue weighted by molar-refractivity contribution is 7.15. The molecule has 2 unspecified atom stereocenters. The summed E-state index contributed by atoms with van der Waals surface area (Å²) in [5, 5.41) is 50.9. The van der Waals surface area contributed by atoms with E-state index in [0.29, 0.717) is 85.9 Å². The van der Waals surface area contributed by atoms with Crippen LogP contribution < -0.4 is 26.2 Å². The number of Topliss-reactive ketones (excluding diaryl/α,β-unsaturated/α-hetero) is 1. The molecule has 0 spiro atoms. The smallest absolute Gasteiger partial charge is 0.326 e. The Morgan fingerprint density at radius 2 is 1.43 bits per heavy atom. The summed E-state index contributed by atoms with van der Waals surface area (Å²) in [5.74, 6) is -4.96. The third-order valence-corrected chi connectivity index (χ3v) is 20.6. The van der Waals surface area contributed by atoms with Gasteiger partial charge in [-0.3, -0.25) is 38.5 Å². The number of thiazole rings is 6. The number of ketones is 1. The number of aromatic nitrogens is 7. The zero-order valence-corrected chi connectivity index (χ0v) is 54.0.